The molecule has 160 valence electrons. The fraction of sp³-hybridized carbons (Fsp3) is 0.348. The molecule has 0 unspecified atom stereocenters. The van der Waals surface area contributed by atoms with Gasteiger partial charge in [-0.1, -0.05) is 35.5 Å². The number of hydrogen-bond acceptors (Lipinski definition) is 6. The molecule has 1 fully saturated rings. The second kappa shape index (κ2) is 9.34. The molecule has 1 saturated carbocycles. The van der Waals surface area contributed by atoms with Crippen LogP contribution in [0, 0.1) is 13.8 Å². The number of carbonyl (C=O) groups is 2. The predicted octanol–water partition coefficient (Wildman–Crippen LogP) is 4.00. The minimum Gasteiger partial charge on any atom is -0.351 e. The van der Waals surface area contributed by atoms with E-state index in [0.29, 0.717) is 11.3 Å². The van der Waals surface area contributed by atoms with Crippen LogP contribution in [0.25, 0.3) is 0 Å². The third-order valence-electron chi connectivity index (χ3n) is 5.63. The van der Waals surface area contributed by atoms with Gasteiger partial charge in [0.25, 0.3) is 5.91 Å². The molecular formula is C23H25N5O2S. The van der Waals surface area contributed by atoms with Crippen molar-refractivity contribution in [3.63, 3.8) is 0 Å². The van der Waals surface area contributed by atoms with Crippen LogP contribution < -0.4 is 10.2 Å². The number of rotatable bonds is 6. The fourth-order valence-electron chi connectivity index (χ4n) is 4.03. The van der Waals surface area contributed by atoms with Crippen molar-refractivity contribution < 1.29 is 9.59 Å². The largest absolute Gasteiger partial charge is 0.351 e. The van der Waals surface area contributed by atoms with E-state index in [1.165, 1.54) is 0 Å². The lowest BCUT2D eigenvalue weighted by Gasteiger charge is -2.32. The van der Waals surface area contributed by atoms with Gasteiger partial charge in [0.15, 0.2) is 5.69 Å². The molecule has 3 aromatic rings. The third-order valence-corrected chi connectivity index (χ3v) is 6.13. The molecule has 1 atom stereocenters. The van der Waals surface area contributed by atoms with Gasteiger partial charge in [-0.2, -0.15) is 0 Å². The number of carbonyl (C=O) groups excluding carboxylic acids is 2. The molecule has 2 amide bonds. The molecule has 0 bridgehead atoms. The lowest BCUT2D eigenvalue weighted by molar-refractivity contribution is -0.123. The monoisotopic (exact) mass is 435 g/mol. The molecule has 1 aliphatic carbocycles. The molecule has 8 heteroatoms. The summed E-state index contributed by atoms with van der Waals surface area (Å²) in [6, 6.07) is 8.74. The van der Waals surface area contributed by atoms with Crippen molar-refractivity contribution in [3.8, 4) is 0 Å². The van der Waals surface area contributed by atoms with E-state index in [9.17, 15) is 9.59 Å². The van der Waals surface area contributed by atoms with Gasteiger partial charge in [-0.25, -0.2) is 0 Å². The standard InChI is InChI=1S/C23H25N5O2S/c1-15-9-10-16(2)20(12-15)28(23(30)19-14-31-27-26-19)21(17-6-5-11-24-13-17)22(29)25-18-7-3-4-8-18/h5-6,9-14,18,21H,3-4,7-8H2,1-2H3,(H,25,29)/t21-/m0/s1. The van der Waals surface area contributed by atoms with E-state index in [1.54, 1.807) is 28.7 Å². The summed E-state index contributed by atoms with van der Waals surface area (Å²) in [4.78, 5) is 33.0. The van der Waals surface area contributed by atoms with Crippen molar-refractivity contribution in [1.29, 1.82) is 0 Å². The van der Waals surface area contributed by atoms with Crippen molar-refractivity contribution in [2.24, 2.45) is 0 Å². The second-order valence-electron chi connectivity index (χ2n) is 7.93. The molecule has 31 heavy (non-hydrogen) atoms. The summed E-state index contributed by atoms with van der Waals surface area (Å²) in [6.45, 7) is 3.90. The van der Waals surface area contributed by atoms with Gasteiger partial charge in [-0.05, 0) is 61.5 Å². The summed E-state index contributed by atoms with van der Waals surface area (Å²) in [5.41, 5.74) is 3.43. The zero-order valence-corrected chi connectivity index (χ0v) is 18.4. The van der Waals surface area contributed by atoms with Crippen LogP contribution in [0.15, 0.2) is 48.1 Å². The summed E-state index contributed by atoms with van der Waals surface area (Å²) in [5.74, 6) is -0.574. The first-order chi connectivity index (χ1) is 15.0. The average Bonchev–Trinajstić information content (AvgIpc) is 3.48. The fourth-order valence-corrected chi connectivity index (χ4v) is 4.46. The van der Waals surface area contributed by atoms with E-state index >= 15 is 0 Å². The van der Waals surface area contributed by atoms with Crippen molar-refractivity contribution in [3.05, 3.63) is 70.5 Å². The minimum absolute atomic E-state index is 0.128. The summed E-state index contributed by atoms with van der Waals surface area (Å²) >= 11 is 1.11. The number of nitrogens with one attached hydrogen (secondary N) is 1. The van der Waals surface area contributed by atoms with E-state index in [2.05, 4.69) is 19.9 Å². The number of aryl methyl sites for hydroxylation is 2. The number of benzene rings is 1. The Morgan fingerprint density at radius 2 is 2.00 bits per heavy atom. The molecular weight excluding hydrogens is 410 g/mol. The highest BCUT2D eigenvalue weighted by atomic mass is 32.1. The maximum Gasteiger partial charge on any atom is 0.280 e. The highest BCUT2D eigenvalue weighted by Crippen LogP contribution is 2.33. The summed E-state index contributed by atoms with van der Waals surface area (Å²) < 4.78 is 3.85. The van der Waals surface area contributed by atoms with Gasteiger partial charge in [0.2, 0.25) is 5.91 Å². The number of hydrogen-bond donors (Lipinski definition) is 1. The number of amides is 2. The van der Waals surface area contributed by atoms with E-state index < -0.39 is 6.04 Å². The van der Waals surface area contributed by atoms with Crippen LogP contribution in [-0.4, -0.2) is 32.4 Å². The summed E-state index contributed by atoms with van der Waals surface area (Å²) in [7, 11) is 0. The Labute approximate surface area is 185 Å². The lowest BCUT2D eigenvalue weighted by atomic mass is 10.0. The van der Waals surface area contributed by atoms with Crippen LogP contribution in [0.3, 0.4) is 0 Å². The van der Waals surface area contributed by atoms with Crippen molar-refractivity contribution in [2.75, 3.05) is 4.90 Å². The normalized spacial score (nSPS) is 14.9. The second-order valence-corrected chi connectivity index (χ2v) is 8.54. The molecule has 7 nitrogen and oxygen atoms in total. The third kappa shape index (κ3) is 4.64. The molecule has 1 aliphatic rings. The zero-order chi connectivity index (χ0) is 21.8. The van der Waals surface area contributed by atoms with Crippen LogP contribution in [0.1, 0.15) is 58.9 Å². The number of pyridine rings is 1. The molecule has 1 aromatic carbocycles. The Morgan fingerprint density at radius 3 is 2.68 bits per heavy atom. The van der Waals surface area contributed by atoms with Crippen LogP contribution >= 0.6 is 11.5 Å². The van der Waals surface area contributed by atoms with Crippen LogP contribution in [0.5, 0.6) is 0 Å². The quantitative estimate of drug-likeness (QED) is 0.632. The van der Waals surface area contributed by atoms with E-state index in [1.807, 2.05) is 38.1 Å². The number of aromatic nitrogens is 3. The molecule has 0 aliphatic heterocycles. The lowest BCUT2D eigenvalue weighted by Crippen LogP contribution is -2.46. The summed E-state index contributed by atoms with van der Waals surface area (Å²) in [6.07, 6.45) is 7.42. The molecule has 2 heterocycles. The van der Waals surface area contributed by atoms with Crippen molar-refractivity contribution in [1.82, 2.24) is 19.9 Å². The van der Waals surface area contributed by atoms with Gasteiger partial charge in [0, 0.05) is 35.1 Å². The van der Waals surface area contributed by atoms with Crippen LogP contribution in [-0.2, 0) is 4.79 Å². The molecule has 0 saturated heterocycles. The van der Waals surface area contributed by atoms with E-state index in [0.717, 1.165) is 48.3 Å². The first kappa shape index (κ1) is 21.1. The van der Waals surface area contributed by atoms with Gasteiger partial charge in [-0.3, -0.25) is 19.5 Å². The van der Waals surface area contributed by atoms with Crippen molar-refractivity contribution in [2.45, 2.75) is 51.6 Å². The smallest absolute Gasteiger partial charge is 0.280 e. The SMILES string of the molecule is Cc1ccc(C)c(N(C(=O)c2csnn2)[C@H](C(=O)NC2CCCC2)c2cccnc2)c1. The molecule has 1 N–H and O–H groups in total. The van der Waals surface area contributed by atoms with Gasteiger partial charge >= 0.3 is 0 Å². The summed E-state index contributed by atoms with van der Waals surface area (Å²) in [5, 5.41) is 8.76. The van der Waals surface area contributed by atoms with Gasteiger partial charge < -0.3 is 5.32 Å². The minimum atomic E-state index is -0.871. The zero-order valence-electron chi connectivity index (χ0n) is 17.6. The first-order valence-corrected chi connectivity index (χ1v) is 11.3. The van der Waals surface area contributed by atoms with Gasteiger partial charge in [0.05, 0.1) is 0 Å². The Morgan fingerprint density at radius 1 is 1.19 bits per heavy atom. The van der Waals surface area contributed by atoms with Crippen molar-refractivity contribution >= 4 is 29.0 Å². The molecule has 4 rings (SSSR count). The first-order valence-electron chi connectivity index (χ1n) is 10.4. The Hall–Kier alpha value is -3.13. The van der Waals surface area contributed by atoms with Gasteiger partial charge in [0.1, 0.15) is 6.04 Å². The van der Waals surface area contributed by atoms with Crippen LogP contribution in [0.2, 0.25) is 0 Å². The maximum atomic E-state index is 13.7. The highest BCUT2D eigenvalue weighted by Gasteiger charge is 2.36. The van der Waals surface area contributed by atoms with Gasteiger partial charge in [-0.15, -0.1) is 5.10 Å². The molecule has 0 spiro atoms. The molecule has 0 radical (unpaired) electrons. The van der Waals surface area contributed by atoms with Crippen LogP contribution in [0.4, 0.5) is 5.69 Å². The Bertz CT molecular complexity index is 1050. The topological polar surface area (TPSA) is 88.1 Å². The molecule has 2 aromatic heterocycles. The predicted molar refractivity (Wildman–Crippen MR) is 120 cm³/mol. The maximum absolute atomic E-state index is 13.7. The number of anilines is 1. The highest BCUT2D eigenvalue weighted by molar-refractivity contribution is 7.03. The Kier molecular flexibility index (Phi) is 6.36. The number of nitrogens with zero attached hydrogens (tertiary/aromatic N) is 4. The van der Waals surface area contributed by atoms with E-state index in [4.69, 9.17) is 0 Å². The average molecular weight is 436 g/mol. The Balaban J connectivity index is 1.83. The van der Waals surface area contributed by atoms with E-state index in [-0.39, 0.29) is 23.6 Å².